The van der Waals surface area contributed by atoms with Crippen molar-refractivity contribution in [2.24, 2.45) is 0 Å². The number of rotatable bonds is 5. The highest BCUT2D eigenvalue weighted by Crippen LogP contribution is 2.33. The molecule has 1 aliphatic rings. The molecule has 2 nitrogen and oxygen atoms in total. The fourth-order valence-electron chi connectivity index (χ4n) is 6.68. The summed E-state index contributed by atoms with van der Waals surface area (Å²) in [5, 5.41) is 5.67. The van der Waals surface area contributed by atoms with Crippen molar-refractivity contribution in [3.63, 3.8) is 0 Å². The van der Waals surface area contributed by atoms with Gasteiger partial charge in [0.15, 0.2) is 13.9 Å². The van der Waals surface area contributed by atoms with Gasteiger partial charge in [-0.15, -0.1) is 0 Å². The van der Waals surface area contributed by atoms with E-state index in [1.165, 1.54) is 31.9 Å². The zero-order valence-corrected chi connectivity index (χ0v) is 24.6. The van der Waals surface area contributed by atoms with E-state index in [0.717, 1.165) is 33.9 Å². The number of hydrogen-bond donors (Lipinski definition) is 0. The number of benzene rings is 6. The molecule has 0 fully saturated rings. The van der Waals surface area contributed by atoms with Crippen molar-refractivity contribution < 1.29 is 0 Å². The molecule has 1 aromatic heterocycles. The van der Waals surface area contributed by atoms with E-state index in [2.05, 4.69) is 146 Å². The van der Waals surface area contributed by atoms with Gasteiger partial charge in [0.25, 0.3) is 0 Å². The van der Waals surface area contributed by atoms with Gasteiger partial charge in [-0.3, -0.25) is 0 Å². The van der Waals surface area contributed by atoms with Crippen LogP contribution in [0.2, 0.25) is 0 Å². The first-order valence-corrected chi connectivity index (χ1v) is 16.7. The Morgan fingerprint density at radius 2 is 0.837 bits per heavy atom. The number of aromatic nitrogens is 2. The average molecular weight is 565 g/mol. The molecule has 0 atom stereocenters. The predicted octanol–water partition coefficient (Wildman–Crippen LogP) is 6.84. The van der Waals surface area contributed by atoms with Crippen LogP contribution in [0.5, 0.6) is 0 Å². The van der Waals surface area contributed by atoms with Crippen LogP contribution in [0, 0.1) is 0 Å². The minimum atomic E-state index is -2.51. The average Bonchev–Trinajstić information content (AvgIpc) is 3.40. The van der Waals surface area contributed by atoms with Crippen LogP contribution in [-0.4, -0.2) is 18.0 Å². The minimum absolute atomic E-state index is 0.732. The van der Waals surface area contributed by atoms with Crippen LogP contribution >= 0.6 is 0 Å². The largest absolute Gasteiger partial charge is 0.228 e. The fraction of sp³-hybridized carbons (Fsp3) is 0. The van der Waals surface area contributed by atoms with E-state index in [1.54, 1.807) is 0 Å². The molecule has 6 aromatic carbocycles. The van der Waals surface area contributed by atoms with Crippen molar-refractivity contribution in [3.8, 4) is 45.0 Å². The highest BCUT2D eigenvalue weighted by atomic mass is 28.3. The summed E-state index contributed by atoms with van der Waals surface area (Å²) in [5.41, 5.74) is 7.64. The Morgan fingerprint density at radius 3 is 1.47 bits per heavy atom. The topological polar surface area (TPSA) is 25.8 Å². The Morgan fingerprint density at radius 1 is 0.349 bits per heavy atom. The first kappa shape index (κ1) is 25.3. The lowest BCUT2D eigenvalue weighted by Gasteiger charge is -2.31. The maximum atomic E-state index is 5.13. The SMILES string of the molecule is c1ccc(-c2cc(-c3ccc4c(c3)-c3ccccc3[Si]4(c3ccccc3)c3ccccc3)nc(-c3ccccc3)n2)cc1. The summed E-state index contributed by atoms with van der Waals surface area (Å²) in [5.74, 6) is 0.732. The van der Waals surface area contributed by atoms with Crippen LogP contribution in [-0.2, 0) is 0 Å². The molecule has 0 saturated heterocycles. The van der Waals surface area contributed by atoms with E-state index in [-0.39, 0.29) is 0 Å². The fourth-order valence-corrected chi connectivity index (χ4v) is 11.8. The standard InChI is InChI=1S/C40H28N2Si/c1-5-15-29(16-6-1)36-28-37(42-40(41-36)30-17-7-2-8-18-30)31-25-26-39-35(27-31)34-23-13-14-24-38(34)43(39,32-19-9-3-10-20-32)33-21-11-4-12-22-33/h1-28H. The Balaban J connectivity index is 1.38. The van der Waals surface area contributed by atoms with Crippen LogP contribution in [0.4, 0.5) is 0 Å². The second-order valence-corrected chi connectivity index (χ2v) is 14.7. The molecule has 202 valence electrons. The molecule has 43 heavy (non-hydrogen) atoms. The van der Waals surface area contributed by atoms with Gasteiger partial charge in [-0.25, -0.2) is 9.97 Å². The molecule has 0 radical (unpaired) electrons. The molecular formula is C40H28N2Si. The van der Waals surface area contributed by atoms with Crippen molar-refractivity contribution in [2.75, 3.05) is 0 Å². The third kappa shape index (κ3) is 4.17. The third-order valence-corrected chi connectivity index (χ3v) is 13.5. The summed E-state index contributed by atoms with van der Waals surface area (Å²) in [4.78, 5) is 10.1. The van der Waals surface area contributed by atoms with Crippen LogP contribution in [0.15, 0.2) is 170 Å². The van der Waals surface area contributed by atoms with E-state index in [9.17, 15) is 0 Å². The first-order chi connectivity index (χ1) is 21.3. The zero-order valence-electron chi connectivity index (χ0n) is 23.6. The quantitative estimate of drug-likeness (QED) is 0.214. The molecule has 0 aliphatic carbocycles. The van der Waals surface area contributed by atoms with Crippen molar-refractivity contribution >= 4 is 28.8 Å². The van der Waals surface area contributed by atoms with Gasteiger partial charge < -0.3 is 0 Å². The summed E-state index contributed by atoms with van der Waals surface area (Å²) in [6, 6.07) is 61.0. The molecule has 1 aliphatic heterocycles. The third-order valence-electron chi connectivity index (χ3n) is 8.58. The van der Waals surface area contributed by atoms with Gasteiger partial charge in [0.1, 0.15) is 0 Å². The molecule has 0 bridgehead atoms. The lowest BCUT2D eigenvalue weighted by molar-refractivity contribution is 1.18. The Kier molecular flexibility index (Phi) is 6.17. The van der Waals surface area contributed by atoms with Gasteiger partial charge in [0.2, 0.25) is 0 Å². The Bertz CT molecular complexity index is 1960. The van der Waals surface area contributed by atoms with E-state index in [0.29, 0.717) is 0 Å². The number of hydrogen-bond acceptors (Lipinski definition) is 2. The summed E-state index contributed by atoms with van der Waals surface area (Å²) >= 11 is 0. The normalized spacial score (nSPS) is 12.8. The smallest absolute Gasteiger partial charge is 0.180 e. The summed E-state index contributed by atoms with van der Waals surface area (Å²) in [6.45, 7) is 0. The summed E-state index contributed by atoms with van der Waals surface area (Å²) in [7, 11) is -2.51. The van der Waals surface area contributed by atoms with Crippen LogP contribution in [0.25, 0.3) is 45.0 Å². The van der Waals surface area contributed by atoms with Gasteiger partial charge in [-0.2, -0.15) is 0 Å². The van der Waals surface area contributed by atoms with Crippen LogP contribution in [0.3, 0.4) is 0 Å². The highest BCUT2D eigenvalue weighted by Gasteiger charge is 2.48. The van der Waals surface area contributed by atoms with Gasteiger partial charge >= 0.3 is 0 Å². The summed E-state index contributed by atoms with van der Waals surface area (Å²) in [6.07, 6.45) is 0. The van der Waals surface area contributed by atoms with Gasteiger partial charge in [0, 0.05) is 16.7 Å². The molecular weight excluding hydrogens is 537 g/mol. The molecule has 0 saturated carbocycles. The molecule has 2 heterocycles. The number of nitrogens with zero attached hydrogens (tertiary/aromatic N) is 2. The van der Waals surface area contributed by atoms with Crippen molar-refractivity contribution in [2.45, 2.75) is 0 Å². The van der Waals surface area contributed by atoms with Gasteiger partial charge in [-0.05, 0) is 44.0 Å². The highest BCUT2D eigenvalue weighted by molar-refractivity contribution is 7.22. The van der Waals surface area contributed by atoms with E-state index in [1.807, 2.05) is 24.3 Å². The maximum Gasteiger partial charge on any atom is 0.180 e. The van der Waals surface area contributed by atoms with Crippen LogP contribution < -0.4 is 20.7 Å². The Labute approximate surface area is 253 Å². The van der Waals surface area contributed by atoms with Gasteiger partial charge in [0.05, 0.1) is 11.4 Å². The number of fused-ring (bicyclic) bond motifs is 3. The van der Waals surface area contributed by atoms with Crippen LogP contribution in [0.1, 0.15) is 0 Å². The molecule has 0 spiro atoms. The second kappa shape index (κ2) is 10.5. The molecule has 0 unspecified atom stereocenters. The lowest BCUT2D eigenvalue weighted by atomic mass is 10.0. The second-order valence-electron chi connectivity index (χ2n) is 11.0. The molecule has 8 rings (SSSR count). The van der Waals surface area contributed by atoms with Crippen molar-refractivity contribution in [1.82, 2.24) is 9.97 Å². The maximum absolute atomic E-state index is 5.13. The van der Waals surface area contributed by atoms with Crippen molar-refractivity contribution in [3.05, 3.63) is 170 Å². The Hall–Kier alpha value is -5.38. The minimum Gasteiger partial charge on any atom is -0.228 e. The molecule has 3 heteroatoms. The summed E-state index contributed by atoms with van der Waals surface area (Å²) < 4.78 is 0. The van der Waals surface area contributed by atoms with E-state index < -0.39 is 8.07 Å². The first-order valence-electron chi connectivity index (χ1n) is 14.7. The monoisotopic (exact) mass is 564 g/mol. The molecule has 0 N–H and O–H groups in total. The predicted molar refractivity (Wildman–Crippen MR) is 181 cm³/mol. The lowest BCUT2D eigenvalue weighted by Crippen LogP contribution is -2.72. The zero-order chi connectivity index (χ0) is 28.6. The van der Waals surface area contributed by atoms with Gasteiger partial charge in [-0.1, -0.05) is 158 Å². The van der Waals surface area contributed by atoms with E-state index in [4.69, 9.17) is 9.97 Å². The molecule has 0 amide bonds. The molecule has 7 aromatic rings. The van der Waals surface area contributed by atoms with E-state index >= 15 is 0 Å². The van der Waals surface area contributed by atoms with Crippen molar-refractivity contribution in [1.29, 1.82) is 0 Å².